The van der Waals surface area contributed by atoms with Crippen molar-refractivity contribution in [3.63, 3.8) is 0 Å². The van der Waals surface area contributed by atoms with E-state index in [2.05, 4.69) is 13.9 Å². The fraction of sp³-hybridized carbons (Fsp3) is 0.143. The van der Waals surface area contributed by atoms with Gasteiger partial charge in [-0.15, -0.1) is 0 Å². The van der Waals surface area contributed by atoms with Crippen molar-refractivity contribution < 1.29 is 25.8 Å². The molecule has 2 N–H and O–H groups in total. The summed E-state index contributed by atoms with van der Waals surface area (Å²) in [4.78, 5) is 14.7. The summed E-state index contributed by atoms with van der Waals surface area (Å²) in [6.45, 7) is 0. The molecule has 0 bridgehead atoms. The van der Waals surface area contributed by atoms with Gasteiger partial charge in [-0.2, -0.15) is 12.0 Å². The van der Waals surface area contributed by atoms with Crippen molar-refractivity contribution in [3.05, 3.63) is 24.1 Å². The fourth-order valence-corrected chi connectivity index (χ4v) is 1.63. The quantitative estimate of drug-likeness (QED) is 0.602. The van der Waals surface area contributed by atoms with Gasteiger partial charge in [-0.1, -0.05) is 0 Å². The predicted molar refractivity (Wildman–Crippen MR) is 57.9 cm³/mol. The van der Waals surface area contributed by atoms with E-state index in [1.807, 2.05) is 0 Å². The number of nitrogens with one attached hydrogen (secondary N) is 1. The zero-order valence-corrected chi connectivity index (χ0v) is 9.79. The number of hydrogen-bond acceptors (Lipinski definition) is 6. The van der Waals surface area contributed by atoms with Crippen LogP contribution in [-0.2, 0) is 18.8 Å². The van der Waals surface area contributed by atoms with Gasteiger partial charge >= 0.3 is 10.4 Å². The summed E-state index contributed by atoms with van der Waals surface area (Å²) >= 11 is 0.239. The number of nitrogens with zero attached hydrogens (tertiary/aromatic N) is 1. The lowest BCUT2D eigenvalue weighted by Crippen LogP contribution is -2.15. The number of hydrogen-bond donors (Lipinski definition) is 2. The summed E-state index contributed by atoms with van der Waals surface area (Å²) in [5, 5.41) is 2.26. The molecule has 0 saturated heterocycles. The number of carbonyl (C=O) groups is 1. The SMILES string of the molecule is O=C(CSOS(=O)(=O)O)Nc1ccc(F)cn1. The van der Waals surface area contributed by atoms with E-state index in [1.54, 1.807) is 0 Å². The Kier molecular flexibility index (Phi) is 4.81. The molecule has 17 heavy (non-hydrogen) atoms. The summed E-state index contributed by atoms with van der Waals surface area (Å²) in [7, 11) is -4.58. The number of amides is 1. The van der Waals surface area contributed by atoms with Crippen LogP contribution in [0.3, 0.4) is 0 Å². The Morgan fingerprint density at radius 3 is 2.82 bits per heavy atom. The van der Waals surface area contributed by atoms with E-state index in [-0.39, 0.29) is 23.6 Å². The maximum absolute atomic E-state index is 12.5. The van der Waals surface area contributed by atoms with E-state index < -0.39 is 22.1 Å². The molecular weight excluding hydrogens is 275 g/mol. The highest BCUT2D eigenvalue weighted by Gasteiger charge is 2.09. The second-order valence-electron chi connectivity index (χ2n) is 2.67. The minimum Gasteiger partial charge on any atom is -0.310 e. The molecule has 0 aromatic carbocycles. The molecule has 1 rings (SSSR count). The number of rotatable bonds is 5. The van der Waals surface area contributed by atoms with Gasteiger partial charge in [0.1, 0.15) is 17.4 Å². The molecule has 94 valence electrons. The van der Waals surface area contributed by atoms with Crippen molar-refractivity contribution in [2.24, 2.45) is 0 Å². The second-order valence-corrected chi connectivity index (χ2v) is 4.59. The Morgan fingerprint density at radius 1 is 1.59 bits per heavy atom. The largest absolute Gasteiger partial charge is 0.408 e. The number of carbonyl (C=O) groups excluding carboxylic acids is 1. The molecule has 0 radical (unpaired) electrons. The first-order chi connectivity index (χ1) is 7.87. The van der Waals surface area contributed by atoms with E-state index in [1.165, 1.54) is 6.07 Å². The highest BCUT2D eigenvalue weighted by atomic mass is 32.3. The maximum atomic E-state index is 12.5. The van der Waals surface area contributed by atoms with Crippen LogP contribution in [0.15, 0.2) is 18.3 Å². The highest BCUT2D eigenvalue weighted by molar-refractivity contribution is 8.03. The summed E-state index contributed by atoms with van der Waals surface area (Å²) in [6.07, 6.45) is 0.914. The minimum absolute atomic E-state index is 0.115. The van der Waals surface area contributed by atoms with Crippen LogP contribution in [0.4, 0.5) is 10.2 Å². The van der Waals surface area contributed by atoms with Crippen molar-refractivity contribution in [1.82, 2.24) is 4.98 Å². The van der Waals surface area contributed by atoms with Crippen LogP contribution in [0.5, 0.6) is 0 Å². The molecule has 0 saturated carbocycles. The lowest BCUT2D eigenvalue weighted by Gasteiger charge is -2.02. The van der Waals surface area contributed by atoms with Gasteiger partial charge in [0, 0.05) is 12.0 Å². The van der Waals surface area contributed by atoms with Crippen molar-refractivity contribution in [2.45, 2.75) is 0 Å². The van der Waals surface area contributed by atoms with Gasteiger partial charge in [0.15, 0.2) is 0 Å². The van der Waals surface area contributed by atoms with Crippen LogP contribution >= 0.6 is 12.0 Å². The molecule has 7 nitrogen and oxygen atoms in total. The van der Waals surface area contributed by atoms with Gasteiger partial charge in [0.25, 0.3) is 0 Å². The molecule has 10 heteroatoms. The molecule has 1 aromatic heterocycles. The average Bonchev–Trinajstić information content (AvgIpc) is 2.19. The first-order valence-electron chi connectivity index (χ1n) is 4.07. The van der Waals surface area contributed by atoms with E-state index in [9.17, 15) is 17.6 Å². The number of halogens is 1. The average molecular weight is 282 g/mol. The van der Waals surface area contributed by atoms with Crippen molar-refractivity contribution >= 4 is 34.2 Å². The van der Waals surface area contributed by atoms with Gasteiger partial charge in [-0.3, -0.25) is 9.35 Å². The first kappa shape index (κ1) is 13.8. The zero-order valence-electron chi connectivity index (χ0n) is 8.16. The van der Waals surface area contributed by atoms with Crippen molar-refractivity contribution in [1.29, 1.82) is 0 Å². The third kappa shape index (κ3) is 6.16. The normalized spacial score (nSPS) is 11.2. The van der Waals surface area contributed by atoms with E-state index in [4.69, 9.17) is 4.55 Å². The molecule has 1 amide bonds. The Hall–Kier alpha value is -1.23. The molecule has 0 atom stereocenters. The molecule has 0 aliphatic rings. The van der Waals surface area contributed by atoms with Crippen LogP contribution in [-0.4, -0.2) is 29.6 Å². The molecule has 0 unspecified atom stereocenters. The van der Waals surface area contributed by atoms with E-state index >= 15 is 0 Å². The van der Waals surface area contributed by atoms with Gasteiger partial charge in [0.2, 0.25) is 5.91 Å². The lowest BCUT2D eigenvalue weighted by molar-refractivity contribution is -0.113. The smallest absolute Gasteiger partial charge is 0.310 e. The number of aromatic nitrogens is 1. The Balaban J connectivity index is 2.37. The van der Waals surface area contributed by atoms with Crippen molar-refractivity contribution in [2.75, 3.05) is 11.1 Å². The highest BCUT2D eigenvalue weighted by Crippen LogP contribution is 2.08. The van der Waals surface area contributed by atoms with Crippen LogP contribution < -0.4 is 5.32 Å². The summed E-state index contributed by atoms with van der Waals surface area (Å²) in [5.74, 6) is -1.42. The molecule has 0 fully saturated rings. The van der Waals surface area contributed by atoms with Crippen LogP contribution in [0.2, 0.25) is 0 Å². The monoisotopic (exact) mass is 282 g/mol. The van der Waals surface area contributed by atoms with Gasteiger partial charge in [-0.05, 0) is 12.1 Å². The van der Waals surface area contributed by atoms with Gasteiger partial charge in [-0.25, -0.2) is 9.37 Å². The summed E-state index contributed by atoms with van der Waals surface area (Å²) in [5.41, 5.74) is 0. The lowest BCUT2D eigenvalue weighted by atomic mass is 10.4. The molecule has 1 heterocycles. The van der Waals surface area contributed by atoms with Gasteiger partial charge < -0.3 is 5.32 Å². The Morgan fingerprint density at radius 2 is 2.29 bits per heavy atom. The molecule has 1 aromatic rings. The summed E-state index contributed by atoms with van der Waals surface area (Å²) in [6, 6.07) is 2.34. The summed E-state index contributed by atoms with van der Waals surface area (Å²) < 4.78 is 44.8. The van der Waals surface area contributed by atoms with Crippen molar-refractivity contribution in [3.8, 4) is 0 Å². The predicted octanol–water partition coefficient (Wildman–Crippen LogP) is 0.627. The molecule has 0 aliphatic heterocycles. The Bertz CT molecular complexity index is 489. The van der Waals surface area contributed by atoms with Crippen LogP contribution in [0, 0.1) is 5.82 Å². The van der Waals surface area contributed by atoms with E-state index in [0.29, 0.717) is 0 Å². The standard InChI is InChI=1S/C7H7FN2O5S2/c8-5-1-2-6(9-3-5)10-7(11)4-16-15-17(12,13)14/h1-3H,4H2,(H,9,10,11)(H,12,13,14). The molecule has 0 spiro atoms. The number of pyridine rings is 1. The third-order valence-corrected chi connectivity index (χ3v) is 2.77. The van der Waals surface area contributed by atoms with Crippen LogP contribution in [0.1, 0.15) is 0 Å². The first-order valence-corrected chi connectivity index (χ1v) is 6.34. The molecular formula is C7H7FN2O5S2. The fourth-order valence-electron chi connectivity index (χ4n) is 0.767. The maximum Gasteiger partial charge on any atom is 0.408 e. The second kappa shape index (κ2) is 5.91. The topological polar surface area (TPSA) is 106 Å². The minimum atomic E-state index is -4.58. The van der Waals surface area contributed by atoms with Crippen LogP contribution in [0.25, 0.3) is 0 Å². The third-order valence-electron chi connectivity index (χ3n) is 1.32. The zero-order chi connectivity index (χ0) is 12.9. The van der Waals surface area contributed by atoms with Gasteiger partial charge in [0.05, 0.1) is 6.20 Å². The van der Waals surface area contributed by atoms with E-state index in [0.717, 1.165) is 12.3 Å². The number of anilines is 1. The Labute approximate surface area is 101 Å². The molecule has 0 aliphatic carbocycles.